The number of piperidine rings is 1. The van der Waals surface area contributed by atoms with Gasteiger partial charge >= 0.3 is 0 Å². The second kappa shape index (κ2) is 9.17. The average molecular weight is 425 g/mol. The number of nitrogens with zero attached hydrogens (tertiary/aromatic N) is 5. The number of hydrogen-bond acceptors (Lipinski definition) is 8. The minimum atomic E-state index is -0.159. The molecule has 9 heteroatoms. The fourth-order valence-corrected chi connectivity index (χ4v) is 4.15. The summed E-state index contributed by atoms with van der Waals surface area (Å²) in [5.41, 5.74) is 0.840. The van der Waals surface area contributed by atoms with Crippen LogP contribution in [0.4, 0.5) is 10.9 Å². The molecule has 1 atom stereocenters. The third-order valence-electron chi connectivity index (χ3n) is 4.89. The van der Waals surface area contributed by atoms with Crippen LogP contribution < -0.4 is 5.32 Å². The third kappa shape index (κ3) is 4.73. The van der Waals surface area contributed by atoms with Crippen LogP contribution in [0.15, 0.2) is 35.0 Å². The van der Waals surface area contributed by atoms with Crippen LogP contribution in [0, 0.1) is 6.92 Å². The summed E-state index contributed by atoms with van der Waals surface area (Å²) in [4.78, 5) is 24.1. The molecule has 4 rings (SSSR count). The molecule has 3 aromatic heterocycles. The zero-order valence-electron chi connectivity index (χ0n) is 17.0. The highest BCUT2D eigenvalue weighted by atomic mass is 32.1. The standard InChI is InChI=1S/C21H24N6O2S/c1-3-18-25-26-21(30-18)24-17-13-14(2)22-20(23-17)16-8-4-5-11-27(16)19(28)10-9-15-7-6-12-29-15/h6-7,9-10,12-13,16H,3-5,8,11H2,1-2H3,(H,22,23,24,26)/b10-9+. The number of likely N-dealkylation sites (tertiary alicyclic amines) is 1. The first kappa shape index (κ1) is 20.2. The van der Waals surface area contributed by atoms with Crippen molar-refractivity contribution in [2.75, 3.05) is 11.9 Å². The van der Waals surface area contributed by atoms with Gasteiger partial charge in [-0.15, -0.1) is 10.2 Å². The van der Waals surface area contributed by atoms with E-state index in [9.17, 15) is 4.79 Å². The van der Waals surface area contributed by atoms with Gasteiger partial charge < -0.3 is 14.6 Å². The van der Waals surface area contributed by atoms with Crippen molar-refractivity contribution < 1.29 is 9.21 Å². The van der Waals surface area contributed by atoms with E-state index in [2.05, 4.69) is 20.5 Å². The van der Waals surface area contributed by atoms with E-state index < -0.39 is 0 Å². The number of anilines is 2. The number of furan rings is 1. The van der Waals surface area contributed by atoms with E-state index in [1.807, 2.05) is 30.9 Å². The Labute approximate surface area is 179 Å². The molecular formula is C21H24N6O2S. The Morgan fingerprint density at radius 1 is 1.37 bits per heavy atom. The molecule has 1 saturated heterocycles. The summed E-state index contributed by atoms with van der Waals surface area (Å²) in [6.45, 7) is 4.66. The summed E-state index contributed by atoms with van der Waals surface area (Å²) in [5, 5.41) is 13.2. The lowest BCUT2D eigenvalue weighted by Crippen LogP contribution is -2.38. The van der Waals surface area contributed by atoms with Gasteiger partial charge in [0.25, 0.3) is 0 Å². The number of rotatable bonds is 6. The van der Waals surface area contributed by atoms with E-state index in [0.717, 1.165) is 36.4 Å². The Bertz CT molecular complexity index is 1030. The van der Waals surface area contributed by atoms with E-state index in [-0.39, 0.29) is 11.9 Å². The van der Waals surface area contributed by atoms with Gasteiger partial charge in [0.2, 0.25) is 11.0 Å². The van der Waals surface area contributed by atoms with Gasteiger partial charge in [0.15, 0.2) is 5.82 Å². The first-order chi connectivity index (χ1) is 14.6. The molecule has 4 heterocycles. The monoisotopic (exact) mass is 424 g/mol. The SMILES string of the molecule is CCc1nnc(Nc2cc(C)nc(C3CCCCN3C(=O)/C=C/c3ccco3)n2)s1. The molecular weight excluding hydrogens is 400 g/mol. The molecule has 0 spiro atoms. The molecule has 1 amide bonds. The molecule has 1 aliphatic heterocycles. The topological polar surface area (TPSA) is 97.0 Å². The summed E-state index contributed by atoms with van der Waals surface area (Å²) in [5.74, 6) is 1.91. The molecule has 1 fully saturated rings. The molecule has 0 aromatic carbocycles. The largest absolute Gasteiger partial charge is 0.465 e. The number of carbonyl (C=O) groups excluding carboxylic acids is 1. The lowest BCUT2D eigenvalue weighted by Gasteiger charge is -2.34. The highest BCUT2D eigenvalue weighted by Gasteiger charge is 2.29. The summed E-state index contributed by atoms with van der Waals surface area (Å²) >= 11 is 1.51. The van der Waals surface area contributed by atoms with E-state index >= 15 is 0 Å². The van der Waals surface area contributed by atoms with E-state index in [1.165, 1.54) is 11.3 Å². The minimum Gasteiger partial charge on any atom is -0.465 e. The van der Waals surface area contributed by atoms with Crippen LogP contribution in [0.1, 0.15) is 54.5 Å². The van der Waals surface area contributed by atoms with Crippen molar-refractivity contribution in [3.05, 3.63) is 52.8 Å². The summed E-state index contributed by atoms with van der Waals surface area (Å²) in [7, 11) is 0. The summed E-state index contributed by atoms with van der Waals surface area (Å²) < 4.78 is 5.28. The molecule has 156 valence electrons. The van der Waals surface area contributed by atoms with Crippen LogP contribution in [0.2, 0.25) is 0 Å². The van der Waals surface area contributed by atoms with Crippen molar-refractivity contribution in [1.82, 2.24) is 25.1 Å². The Balaban J connectivity index is 1.55. The average Bonchev–Trinajstić information content (AvgIpc) is 3.43. The molecule has 3 aromatic rings. The lowest BCUT2D eigenvalue weighted by atomic mass is 10.0. The molecule has 0 saturated carbocycles. The van der Waals surface area contributed by atoms with Crippen LogP contribution >= 0.6 is 11.3 Å². The predicted molar refractivity (Wildman–Crippen MR) is 115 cm³/mol. The van der Waals surface area contributed by atoms with Crippen LogP contribution in [0.5, 0.6) is 0 Å². The number of amides is 1. The van der Waals surface area contributed by atoms with Gasteiger partial charge in [-0.1, -0.05) is 18.3 Å². The van der Waals surface area contributed by atoms with Crippen molar-refractivity contribution in [3.63, 3.8) is 0 Å². The zero-order chi connectivity index (χ0) is 20.9. The number of hydrogen-bond donors (Lipinski definition) is 1. The first-order valence-corrected chi connectivity index (χ1v) is 10.9. The van der Waals surface area contributed by atoms with Crippen molar-refractivity contribution in [2.45, 2.75) is 45.6 Å². The molecule has 8 nitrogen and oxygen atoms in total. The van der Waals surface area contributed by atoms with E-state index in [4.69, 9.17) is 9.40 Å². The number of aromatic nitrogens is 4. The molecule has 1 unspecified atom stereocenters. The second-order valence-electron chi connectivity index (χ2n) is 7.12. The van der Waals surface area contributed by atoms with Crippen LogP contribution in [0.25, 0.3) is 6.08 Å². The van der Waals surface area contributed by atoms with Crippen molar-refractivity contribution in [3.8, 4) is 0 Å². The van der Waals surface area contributed by atoms with Gasteiger partial charge in [0, 0.05) is 24.4 Å². The normalized spacial score (nSPS) is 16.9. The van der Waals surface area contributed by atoms with Crippen molar-refractivity contribution >= 4 is 34.3 Å². The molecule has 1 N–H and O–H groups in total. The van der Waals surface area contributed by atoms with Gasteiger partial charge in [0.1, 0.15) is 16.6 Å². The fourth-order valence-electron chi connectivity index (χ4n) is 3.46. The maximum atomic E-state index is 12.9. The maximum Gasteiger partial charge on any atom is 0.247 e. The van der Waals surface area contributed by atoms with Gasteiger partial charge in [-0.3, -0.25) is 4.79 Å². The Kier molecular flexibility index (Phi) is 6.18. The zero-order valence-corrected chi connectivity index (χ0v) is 17.9. The molecule has 0 bridgehead atoms. The van der Waals surface area contributed by atoms with Gasteiger partial charge in [-0.2, -0.15) is 0 Å². The fraction of sp³-hybridized carbons (Fsp3) is 0.381. The lowest BCUT2D eigenvalue weighted by molar-refractivity contribution is -0.129. The molecule has 30 heavy (non-hydrogen) atoms. The Morgan fingerprint density at radius 3 is 3.03 bits per heavy atom. The predicted octanol–water partition coefficient (Wildman–Crippen LogP) is 4.30. The Morgan fingerprint density at radius 2 is 2.27 bits per heavy atom. The summed E-state index contributed by atoms with van der Waals surface area (Å²) in [6.07, 6.45) is 8.52. The number of carbonyl (C=O) groups is 1. The molecule has 1 aliphatic rings. The van der Waals surface area contributed by atoms with E-state index in [1.54, 1.807) is 24.5 Å². The first-order valence-electron chi connectivity index (χ1n) is 10.1. The molecule has 0 aliphatic carbocycles. The quantitative estimate of drug-likeness (QED) is 0.589. The second-order valence-corrected chi connectivity index (χ2v) is 8.19. The number of nitrogens with one attached hydrogen (secondary N) is 1. The van der Waals surface area contributed by atoms with Crippen molar-refractivity contribution in [1.29, 1.82) is 0 Å². The van der Waals surface area contributed by atoms with E-state index in [0.29, 0.717) is 29.1 Å². The summed E-state index contributed by atoms with van der Waals surface area (Å²) in [6, 6.07) is 5.33. The van der Waals surface area contributed by atoms with Crippen LogP contribution in [-0.4, -0.2) is 37.5 Å². The molecule has 0 radical (unpaired) electrons. The number of aryl methyl sites for hydroxylation is 2. The highest BCUT2D eigenvalue weighted by Crippen LogP contribution is 2.30. The maximum absolute atomic E-state index is 12.9. The van der Waals surface area contributed by atoms with Crippen LogP contribution in [-0.2, 0) is 11.2 Å². The van der Waals surface area contributed by atoms with Crippen LogP contribution in [0.3, 0.4) is 0 Å². The van der Waals surface area contributed by atoms with Crippen molar-refractivity contribution in [2.24, 2.45) is 0 Å². The van der Waals surface area contributed by atoms with Gasteiger partial charge in [0.05, 0.1) is 12.3 Å². The smallest absolute Gasteiger partial charge is 0.247 e. The third-order valence-corrected chi connectivity index (χ3v) is 5.88. The van der Waals surface area contributed by atoms with Gasteiger partial charge in [-0.05, 0) is 50.8 Å². The Hall–Kier alpha value is -3.07. The minimum absolute atomic E-state index is 0.0626. The van der Waals surface area contributed by atoms with Gasteiger partial charge in [-0.25, -0.2) is 9.97 Å². The highest BCUT2D eigenvalue weighted by molar-refractivity contribution is 7.15.